The highest BCUT2D eigenvalue weighted by atomic mass is 16.6. The predicted molar refractivity (Wildman–Crippen MR) is 101 cm³/mol. The summed E-state index contributed by atoms with van der Waals surface area (Å²) < 4.78 is 0. The summed E-state index contributed by atoms with van der Waals surface area (Å²) in [4.78, 5) is 38.5. The van der Waals surface area contributed by atoms with Crippen molar-refractivity contribution in [2.75, 3.05) is 44.2 Å². The minimum atomic E-state index is -0.456. The number of piperazine rings is 1. The smallest absolute Gasteiger partial charge is 0.293 e. The van der Waals surface area contributed by atoms with Gasteiger partial charge in [0.2, 0.25) is 5.91 Å². The Morgan fingerprint density at radius 1 is 1.30 bits per heavy atom. The number of amides is 2. The molecule has 0 bridgehead atoms. The molecule has 1 unspecified atom stereocenters. The summed E-state index contributed by atoms with van der Waals surface area (Å²) in [7, 11) is 0. The van der Waals surface area contributed by atoms with E-state index in [1.165, 1.54) is 13.0 Å². The van der Waals surface area contributed by atoms with Gasteiger partial charge < -0.3 is 20.4 Å². The van der Waals surface area contributed by atoms with Gasteiger partial charge in [0.05, 0.1) is 4.92 Å². The minimum absolute atomic E-state index is 0.00733. The van der Waals surface area contributed by atoms with Crippen molar-refractivity contribution in [3.8, 4) is 0 Å². The van der Waals surface area contributed by atoms with E-state index in [-0.39, 0.29) is 29.1 Å². The second-order valence-electron chi connectivity index (χ2n) is 6.96. The number of carbonyl (C=O) groups excluding carboxylic acids is 2. The van der Waals surface area contributed by atoms with E-state index in [4.69, 9.17) is 0 Å². The quantitative estimate of drug-likeness (QED) is 0.581. The molecule has 9 nitrogen and oxygen atoms in total. The fourth-order valence-electron chi connectivity index (χ4n) is 3.59. The normalized spacial score (nSPS) is 19.8. The Labute approximate surface area is 157 Å². The number of benzene rings is 1. The maximum absolute atomic E-state index is 12.4. The Hall–Kier alpha value is -2.68. The standard InChI is InChI=1S/C18H25N5O4/c1-13(24)21-7-9-22(10-8-21)16-5-4-14(11-17(16)23(26)27)18(25)20-12-15-3-2-6-19-15/h4-5,11,15,19H,2-3,6-10,12H2,1H3,(H,20,25). The van der Waals surface area contributed by atoms with Crippen molar-refractivity contribution in [3.05, 3.63) is 33.9 Å². The average Bonchev–Trinajstić information content (AvgIpc) is 3.19. The molecule has 1 aromatic rings. The second-order valence-corrected chi connectivity index (χ2v) is 6.96. The van der Waals surface area contributed by atoms with Crippen LogP contribution in [0.1, 0.15) is 30.1 Å². The Balaban J connectivity index is 1.70. The van der Waals surface area contributed by atoms with Gasteiger partial charge in [-0.15, -0.1) is 0 Å². The number of nitro groups is 1. The van der Waals surface area contributed by atoms with Crippen molar-refractivity contribution in [3.63, 3.8) is 0 Å². The van der Waals surface area contributed by atoms with Crippen LogP contribution < -0.4 is 15.5 Å². The van der Waals surface area contributed by atoms with E-state index in [1.54, 1.807) is 17.0 Å². The van der Waals surface area contributed by atoms with Crippen LogP contribution in [0.15, 0.2) is 18.2 Å². The number of carbonyl (C=O) groups is 2. The van der Waals surface area contributed by atoms with Gasteiger partial charge in [0.15, 0.2) is 0 Å². The van der Waals surface area contributed by atoms with Gasteiger partial charge in [0.25, 0.3) is 11.6 Å². The van der Waals surface area contributed by atoms with Crippen LogP contribution in [0.2, 0.25) is 0 Å². The van der Waals surface area contributed by atoms with Gasteiger partial charge in [0, 0.05) is 57.3 Å². The maximum Gasteiger partial charge on any atom is 0.293 e. The van der Waals surface area contributed by atoms with Gasteiger partial charge in [0.1, 0.15) is 5.69 Å². The second kappa shape index (κ2) is 8.34. The molecule has 2 aliphatic heterocycles. The highest BCUT2D eigenvalue weighted by molar-refractivity contribution is 5.95. The molecule has 9 heteroatoms. The number of nitro benzene ring substituents is 1. The SMILES string of the molecule is CC(=O)N1CCN(c2ccc(C(=O)NCC3CCCN3)cc2[N+](=O)[O-])CC1. The molecule has 0 radical (unpaired) electrons. The highest BCUT2D eigenvalue weighted by Gasteiger charge is 2.26. The van der Waals surface area contributed by atoms with Crippen molar-refractivity contribution in [1.82, 2.24) is 15.5 Å². The van der Waals surface area contributed by atoms with Gasteiger partial charge >= 0.3 is 0 Å². The van der Waals surface area contributed by atoms with E-state index in [0.29, 0.717) is 38.4 Å². The molecule has 1 aromatic carbocycles. The minimum Gasteiger partial charge on any atom is -0.362 e. The van der Waals surface area contributed by atoms with Crippen LogP contribution in [-0.2, 0) is 4.79 Å². The molecule has 0 spiro atoms. The third-order valence-electron chi connectivity index (χ3n) is 5.17. The van der Waals surface area contributed by atoms with E-state index < -0.39 is 4.92 Å². The summed E-state index contributed by atoms with van der Waals surface area (Å²) in [6.45, 7) is 5.11. The molecule has 1 atom stereocenters. The lowest BCUT2D eigenvalue weighted by Gasteiger charge is -2.35. The fraction of sp³-hybridized carbons (Fsp3) is 0.556. The molecule has 2 amide bonds. The van der Waals surface area contributed by atoms with Gasteiger partial charge in [-0.2, -0.15) is 0 Å². The third-order valence-corrected chi connectivity index (χ3v) is 5.17. The Kier molecular flexibility index (Phi) is 5.90. The molecule has 2 heterocycles. The maximum atomic E-state index is 12.4. The first kappa shape index (κ1) is 19.1. The molecule has 0 aliphatic carbocycles. The number of hydrogen-bond acceptors (Lipinski definition) is 6. The molecule has 2 aliphatic rings. The molecule has 2 fully saturated rings. The topological polar surface area (TPSA) is 108 Å². The van der Waals surface area contributed by atoms with Crippen LogP contribution >= 0.6 is 0 Å². The lowest BCUT2D eigenvalue weighted by atomic mass is 10.1. The molecule has 0 saturated carbocycles. The molecule has 3 rings (SSSR count). The van der Waals surface area contributed by atoms with Crippen molar-refractivity contribution < 1.29 is 14.5 Å². The number of nitrogens with one attached hydrogen (secondary N) is 2. The van der Waals surface area contributed by atoms with E-state index in [2.05, 4.69) is 10.6 Å². The van der Waals surface area contributed by atoms with Crippen LogP contribution in [0.5, 0.6) is 0 Å². The monoisotopic (exact) mass is 375 g/mol. The van der Waals surface area contributed by atoms with Crippen LogP contribution in [0.3, 0.4) is 0 Å². The van der Waals surface area contributed by atoms with E-state index >= 15 is 0 Å². The largest absolute Gasteiger partial charge is 0.362 e. The van der Waals surface area contributed by atoms with Crippen molar-refractivity contribution >= 4 is 23.2 Å². The van der Waals surface area contributed by atoms with E-state index in [9.17, 15) is 19.7 Å². The van der Waals surface area contributed by atoms with Crippen LogP contribution in [0.25, 0.3) is 0 Å². The highest BCUT2D eigenvalue weighted by Crippen LogP contribution is 2.30. The zero-order valence-corrected chi connectivity index (χ0v) is 15.4. The summed E-state index contributed by atoms with van der Waals surface area (Å²) in [6.07, 6.45) is 2.11. The van der Waals surface area contributed by atoms with Crippen molar-refractivity contribution in [2.24, 2.45) is 0 Å². The molecule has 146 valence electrons. The number of rotatable bonds is 5. The lowest BCUT2D eigenvalue weighted by molar-refractivity contribution is -0.384. The molecular formula is C18H25N5O4. The zero-order chi connectivity index (χ0) is 19.4. The molecule has 2 saturated heterocycles. The van der Waals surface area contributed by atoms with Crippen LogP contribution in [0, 0.1) is 10.1 Å². The summed E-state index contributed by atoms with van der Waals surface area (Å²) in [5.41, 5.74) is 0.681. The fourth-order valence-corrected chi connectivity index (χ4v) is 3.59. The average molecular weight is 375 g/mol. The van der Waals surface area contributed by atoms with Crippen LogP contribution in [0.4, 0.5) is 11.4 Å². The third kappa shape index (κ3) is 4.54. The summed E-state index contributed by atoms with van der Waals surface area (Å²) in [5, 5.41) is 17.7. The number of anilines is 1. The van der Waals surface area contributed by atoms with E-state index in [1.807, 2.05) is 4.90 Å². The molecular weight excluding hydrogens is 350 g/mol. The Morgan fingerprint density at radius 2 is 2.04 bits per heavy atom. The summed E-state index contributed by atoms with van der Waals surface area (Å²) >= 11 is 0. The Bertz CT molecular complexity index is 724. The molecule has 0 aromatic heterocycles. The molecule has 2 N–H and O–H groups in total. The van der Waals surface area contributed by atoms with Crippen molar-refractivity contribution in [2.45, 2.75) is 25.8 Å². The summed E-state index contributed by atoms with van der Waals surface area (Å²) in [6, 6.07) is 4.85. The number of hydrogen-bond donors (Lipinski definition) is 2. The van der Waals surface area contributed by atoms with Gasteiger partial charge in [-0.1, -0.05) is 0 Å². The van der Waals surface area contributed by atoms with Gasteiger partial charge in [-0.05, 0) is 31.5 Å². The van der Waals surface area contributed by atoms with Crippen LogP contribution in [-0.4, -0.2) is 66.9 Å². The first-order valence-electron chi connectivity index (χ1n) is 9.26. The van der Waals surface area contributed by atoms with Crippen molar-refractivity contribution in [1.29, 1.82) is 0 Å². The predicted octanol–water partition coefficient (Wildman–Crippen LogP) is 0.745. The number of nitrogens with zero attached hydrogens (tertiary/aromatic N) is 3. The first-order chi connectivity index (χ1) is 13.0. The van der Waals surface area contributed by atoms with Gasteiger partial charge in [-0.25, -0.2) is 0 Å². The van der Waals surface area contributed by atoms with Gasteiger partial charge in [-0.3, -0.25) is 19.7 Å². The zero-order valence-electron chi connectivity index (χ0n) is 15.4. The first-order valence-corrected chi connectivity index (χ1v) is 9.26. The molecule has 27 heavy (non-hydrogen) atoms. The van der Waals surface area contributed by atoms with E-state index in [0.717, 1.165) is 19.4 Å². The Morgan fingerprint density at radius 3 is 2.63 bits per heavy atom. The summed E-state index contributed by atoms with van der Waals surface area (Å²) in [5.74, 6) is -0.298. The lowest BCUT2D eigenvalue weighted by Crippen LogP contribution is -2.48.